The maximum Gasteiger partial charge on any atom is 0.328 e. The van der Waals surface area contributed by atoms with E-state index >= 15 is 0 Å². The highest BCUT2D eigenvalue weighted by atomic mass is 16.5. The summed E-state index contributed by atoms with van der Waals surface area (Å²) in [4.78, 5) is 10.7. The van der Waals surface area contributed by atoms with Crippen LogP contribution < -0.4 is 0 Å². The van der Waals surface area contributed by atoms with Gasteiger partial charge in [0.2, 0.25) is 0 Å². The molecule has 2 atom stereocenters. The number of rotatable bonds is 7. The second kappa shape index (κ2) is 7.43. The van der Waals surface area contributed by atoms with Crippen LogP contribution in [0.1, 0.15) is 13.8 Å². The third-order valence-electron chi connectivity index (χ3n) is 2.26. The highest BCUT2D eigenvalue weighted by molar-refractivity contribution is 5.80. The van der Waals surface area contributed by atoms with Crippen LogP contribution in [0, 0.1) is 11.8 Å². The van der Waals surface area contributed by atoms with Crippen molar-refractivity contribution in [2.75, 3.05) is 27.4 Å². The van der Waals surface area contributed by atoms with Crippen molar-refractivity contribution in [2.24, 2.45) is 11.8 Å². The van der Waals surface area contributed by atoms with Crippen molar-refractivity contribution in [3.63, 3.8) is 0 Å². The fourth-order valence-corrected chi connectivity index (χ4v) is 1.61. The number of methoxy groups -OCH3 is 2. The molecular weight excluding hydrogens is 196 g/mol. The number of ether oxygens (including phenoxy) is 2. The van der Waals surface area contributed by atoms with Gasteiger partial charge in [-0.05, 0) is 0 Å². The summed E-state index contributed by atoms with van der Waals surface area (Å²) in [5.41, 5.74) is 0.853. The van der Waals surface area contributed by atoms with Gasteiger partial charge in [0.15, 0.2) is 0 Å². The van der Waals surface area contributed by atoms with Crippen molar-refractivity contribution in [3.05, 3.63) is 11.6 Å². The standard InChI is InChI=1S/C11H20O4/c1-8(6-14-3)10(5-11(12)13)9(2)7-15-4/h5,8-9H,6-7H2,1-4H3,(H,12,13). The topological polar surface area (TPSA) is 55.8 Å². The van der Waals surface area contributed by atoms with Gasteiger partial charge in [-0.25, -0.2) is 4.79 Å². The van der Waals surface area contributed by atoms with Crippen molar-refractivity contribution in [1.29, 1.82) is 0 Å². The van der Waals surface area contributed by atoms with E-state index in [-0.39, 0.29) is 11.8 Å². The van der Waals surface area contributed by atoms with Crippen LogP contribution in [0.25, 0.3) is 0 Å². The van der Waals surface area contributed by atoms with E-state index in [1.54, 1.807) is 14.2 Å². The van der Waals surface area contributed by atoms with E-state index in [0.29, 0.717) is 13.2 Å². The van der Waals surface area contributed by atoms with Gasteiger partial charge in [0.25, 0.3) is 0 Å². The lowest BCUT2D eigenvalue weighted by atomic mass is 9.90. The lowest BCUT2D eigenvalue weighted by Crippen LogP contribution is -2.18. The molecule has 15 heavy (non-hydrogen) atoms. The van der Waals surface area contributed by atoms with Gasteiger partial charge < -0.3 is 14.6 Å². The highest BCUT2D eigenvalue weighted by Crippen LogP contribution is 2.20. The third kappa shape index (κ3) is 5.54. The molecule has 0 aromatic heterocycles. The van der Waals surface area contributed by atoms with E-state index in [0.717, 1.165) is 5.57 Å². The van der Waals surface area contributed by atoms with Crippen LogP contribution in [-0.4, -0.2) is 38.5 Å². The van der Waals surface area contributed by atoms with E-state index in [1.165, 1.54) is 6.08 Å². The average molecular weight is 216 g/mol. The van der Waals surface area contributed by atoms with Crippen LogP contribution in [0.15, 0.2) is 11.6 Å². The number of aliphatic carboxylic acids is 1. The minimum absolute atomic E-state index is 0.0937. The molecule has 0 amide bonds. The summed E-state index contributed by atoms with van der Waals surface area (Å²) in [7, 11) is 3.21. The van der Waals surface area contributed by atoms with Gasteiger partial charge in [0, 0.05) is 32.1 Å². The van der Waals surface area contributed by atoms with Crippen LogP contribution in [0.5, 0.6) is 0 Å². The predicted octanol–water partition coefficient (Wildman–Crippen LogP) is 1.56. The molecule has 88 valence electrons. The van der Waals surface area contributed by atoms with Gasteiger partial charge in [-0.2, -0.15) is 0 Å². The first-order chi connectivity index (χ1) is 7.02. The Bertz CT molecular complexity index is 209. The molecule has 0 heterocycles. The van der Waals surface area contributed by atoms with E-state index in [2.05, 4.69) is 0 Å². The molecule has 2 unspecified atom stereocenters. The van der Waals surface area contributed by atoms with Gasteiger partial charge in [-0.3, -0.25) is 0 Å². The van der Waals surface area contributed by atoms with E-state index in [9.17, 15) is 4.79 Å². The Labute approximate surface area is 90.9 Å². The molecule has 0 radical (unpaired) electrons. The van der Waals surface area contributed by atoms with Gasteiger partial charge in [-0.15, -0.1) is 0 Å². The number of hydrogen-bond acceptors (Lipinski definition) is 3. The quantitative estimate of drug-likeness (QED) is 0.656. The van der Waals surface area contributed by atoms with Crippen molar-refractivity contribution in [2.45, 2.75) is 13.8 Å². The molecule has 4 nitrogen and oxygen atoms in total. The largest absolute Gasteiger partial charge is 0.478 e. The SMILES string of the molecule is COCC(C)C(=CC(=O)O)C(C)COC. The van der Waals surface area contributed by atoms with Crippen LogP contribution in [0.3, 0.4) is 0 Å². The molecule has 0 aliphatic carbocycles. The Hall–Kier alpha value is -0.870. The molecule has 0 aliphatic heterocycles. The fraction of sp³-hybridized carbons (Fsp3) is 0.727. The smallest absolute Gasteiger partial charge is 0.328 e. The number of hydrogen-bond donors (Lipinski definition) is 1. The molecule has 1 N–H and O–H groups in total. The molecule has 0 fully saturated rings. The minimum atomic E-state index is -0.920. The lowest BCUT2D eigenvalue weighted by molar-refractivity contribution is -0.131. The lowest BCUT2D eigenvalue weighted by Gasteiger charge is -2.20. The van der Waals surface area contributed by atoms with Crippen LogP contribution in [-0.2, 0) is 14.3 Å². The van der Waals surface area contributed by atoms with Crippen molar-refractivity contribution in [3.8, 4) is 0 Å². The molecule has 0 bridgehead atoms. The Morgan fingerprint density at radius 2 is 1.60 bits per heavy atom. The Morgan fingerprint density at radius 1 is 1.20 bits per heavy atom. The molecule has 0 spiro atoms. The molecule has 0 saturated carbocycles. The first kappa shape index (κ1) is 14.1. The molecule has 0 rings (SSSR count). The molecule has 0 aromatic rings. The summed E-state index contributed by atoms with van der Waals surface area (Å²) in [6.45, 7) is 4.94. The number of carbonyl (C=O) groups is 1. The van der Waals surface area contributed by atoms with Crippen LogP contribution in [0.2, 0.25) is 0 Å². The van der Waals surface area contributed by atoms with Gasteiger partial charge in [0.05, 0.1) is 13.2 Å². The van der Waals surface area contributed by atoms with Gasteiger partial charge in [0.1, 0.15) is 0 Å². The van der Waals surface area contributed by atoms with Crippen molar-refractivity contribution in [1.82, 2.24) is 0 Å². The van der Waals surface area contributed by atoms with Crippen LogP contribution >= 0.6 is 0 Å². The first-order valence-electron chi connectivity index (χ1n) is 4.95. The number of carboxylic acids is 1. The monoisotopic (exact) mass is 216 g/mol. The highest BCUT2D eigenvalue weighted by Gasteiger charge is 2.17. The fourth-order valence-electron chi connectivity index (χ4n) is 1.61. The Balaban J connectivity index is 4.64. The summed E-state index contributed by atoms with van der Waals surface area (Å²) in [6.07, 6.45) is 1.26. The zero-order valence-electron chi connectivity index (χ0n) is 9.82. The predicted molar refractivity (Wildman–Crippen MR) is 57.8 cm³/mol. The van der Waals surface area contributed by atoms with E-state index in [1.807, 2.05) is 13.8 Å². The zero-order chi connectivity index (χ0) is 11.8. The first-order valence-corrected chi connectivity index (χ1v) is 4.95. The Morgan fingerprint density at radius 3 is 1.87 bits per heavy atom. The summed E-state index contributed by atoms with van der Waals surface area (Å²) >= 11 is 0. The second-order valence-electron chi connectivity index (χ2n) is 3.70. The Kier molecular flexibility index (Phi) is 6.99. The summed E-state index contributed by atoms with van der Waals surface area (Å²) in [6, 6.07) is 0. The van der Waals surface area contributed by atoms with Crippen molar-refractivity contribution >= 4 is 5.97 Å². The maximum absolute atomic E-state index is 10.7. The third-order valence-corrected chi connectivity index (χ3v) is 2.26. The average Bonchev–Trinajstić information content (AvgIpc) is 2.14. The molecule has 0 aromatic carbocycles. The van der Waals surface area contributed by atoms with Gasteiger partial charge >= 0.3 is 5.97 Å². The molecule has 4 heteroatoms. The van der Waals surface area contributed by atoms with Gasteiger partial charge in [-0.1, -0.05) is 19.4 Å². The second-order valence-corrected chi connectivity index (χ2v) is 3.70. The van der Waals surface area contributed by atoms with E-state index < -0.39 is 5.97 Å². The normalized spacial score (nSPS) is 14.4. The summed E-state index contributed by atoms with van der Waals surface area (Å²) < 4.78 is 10.0. The molecule has 0 aliphatic rings. The van der Waals surface area contributed by atoms with Crippen LogP contribution in [0.4, 0.5) is 0 Å². The number of carboxylic acid groups (broad SMARTS) is 1. The maximum atomic E-state index is 10.7. The zero-order valence-corrected chi connectivity index (χ0v) is 9.82. The minimum Gasteiger partial charge on any atom is -0.478 e. The van der Waals surface area contributed by atoms with Crippen molar-refractivity contribution < 1.29 is 19.4 Å². The summed E-state index contributed by atoms with van der Waals surface area (Å²) in [5, 5.41) is 8.76. The van der Waals surface area contributed by atoms with E-state index in [4.69, 9.17) is 14.6 Å². The summed E-state index contributed by atoms with van der Waals surface area (Å²) in [5.74, 6) is -0.733. The molecule has 0 saturated heterocycles. The molecular formula is C11H20O4.